The van der Waals surface area contributed by atoms with E-state index in [4.69, 9.17) is 9.47 Å². The summed E-state index contributed by atoms with van der Waals surface area (Å²) in [6.07, 6.45) is 1.65. The quantitative estimate of drug-likeness (QED) is 0.346. The molecule has 2 rings (SSSR count). The molecule has 0 heterocycles. The lowest BCUT2D eigenvalue weighted by Crippen LogP contribution is -1.95. The molecule has 0 saturated carbocycles. The van der Waals surface area contributed by atoms with Gasteiger partial charge in [-0.15, -0.1) is 0 Å². The van der Waals surface area contributed by atoms with Gasteiger partial charge >= 0.3 is 0 Å². The standard InChI is InChI=1S/C18H16N2O4/c1-3-24-18-10-13(7-8-17(18)23-2)9-15(12-19)14-5-4-6-16(11-14)20(21)22/h4-11H,3H2,1-2H3/b15-9-. The van der Waals surface area contributed by atoms with Crippen molar-refractivity contribution in [2.24, 2.45) is 0 Å². The Hall–Kier alpha value is -3.33. The first kappa shape index (κ1) is 17.0. The number of hydrogen-bond donors (Lipinski definition) is 0. The normalized spacial score (nSPS) is 10.8. The Kier molecular flexibility index (Phi) is 5.53. The molecule has 0 aliphatic rings. The molecule has 6 nitrogen and oxygen atoms in total. The van der Waals surface area contributed by atoms with Crippen LogP contribution >= 0.6 is 0 Å². The second-order valence-corrected chi connectivity index (χ2v) is 4.82. The molecule has 0 unspecified atom stereocenters. The van der Waals surface area contributed by atoms with Crippen LogP contribution in [0.15, 0.2) is 42.5 Å². The maximum absolute atomic E-state index is 10.9. The largest absolute Gasteiger partial charge is 0.493 e. The van der Waals surface area contributed by atoms with Crippen molar-refractivity contribution in [1.29, 1.82) is 5.26 Å². The lowest BCUT2D eigenvalue weighted by Gasteiger charge is -2.10. The third-order valence-electron chi connectivity index (χ3n) is 3.29. The highest BCUT2D eigenvalue weighted by Gasteiger charge is 2.10. The van der Waals surface area contributed by atoms with E-state index in [0.717, 1.165) is 5.56 Å². The molecule has 122 valence electrons. The van der Waals surface area contributed by atoms with Crippen molar-refractivity contribution in [3.8, 4) is 17.6 Å². The molecule has 0 aromatic heterocycles. The van der Waals surface area contributed by atoms with E-state index in [-0.39, 0.29) is 5.69 Å². The van der Waals surface area contributed by atoms with Crippen LogP contribution in [-0.2, 0) is 0 Å². The number of rotatable bonds is 6. The molecule has 24 heavy (non-hydrogen) atoms. The number of nitro benzene ring substituents is 1. The molecule has 0 radical (unpaired) electrons. The highest BCUT2D eigenvalue weighted by Crippen LogP contribution is 2.30. The number of hydrogen-bond acceptors (Lipinski definition) is 5. The Balaban J connectivity index is 2.44. The van der Waals surface area contributed by atoms with Crippen LogP contribution in [0.25, 0.3) is 11.6 Å². The van der Waals surface area contributed by atoms with Crippen molar-refractivity contribution >= 4 is 17.3 Å². The van der Waals surface area contributed by atoms with Gasteiger partial charge in [0.2, 0.25) is 0 Å². The first-order valence-corrected chi connectivity index (χ1v) is 7.26. The van der Waals surface area contributed by atoms with Gasteiger partial charge in [-0.3, -0.25) is 10.1 Å². The Labute approximate surface area is 139 Å². The van der Waals surface area contributed by atoms with Crippen LogP contribution in [0.5, 0.6) is 11.5 Å². The van der Waals surface area contributed by atoms with Gasteiger partial charge in [-0.05, 0) is 36.3 Å². The van der Waals surface area contributed by atoms with Gasteiger partial charge in [0.15, 0.2) is 11.5 Å². The molecular formula is C18H16N2O4. The van der Waals surface area contributed by atoms with Gasteiger partial charge in [-0.25, -0.2) is 0 Å². The first-order valence-electron chi connectivity index (χ1n) is 7.26. The highest BCUT2D eigenvalue weighted by molar-refractivity contribution is 5.90. The lowest BCUT2D eigenvalue weighted by molar-refractivity contribution is -0.384. The van der Waals surface area contributed by atoms with Crippen LogP contribution in [0.1, 0.15) is 18.1 Å². The fourth-order valence-electron chi connectivity index (χ4n) is 2.19. The summed E-state index contributed by atoms with van der Waals surface area (Å²) in [5, 5.41) is 20.3. The van der Waals surface area contributed by atoms with E-state index in [1.165, 1.54) is 12.1 Å². The molecule has 0 N–H and O–H groups in total. The number of nitrogens with zero attached hydrogens (tertiary/aromatic N) is 2. The second-order valence-electron chi connectivity index (χ2n) is 4.82. The molecule has 6 heteroatoms. The maximum Gasteiger partial charge on any atom is 0.270 e. The van der Waals surface area contributed by atoms with Crippen molar-refractivity contribution < 1.29 is 14.4 Å². The molecule has 0 fully saturated rings. The molecule has 0 spiro atoms. The van der Waals surface area contributed by atoms with Crippen molar-refractivity contribution in [3.05, 3.63) is 63.7 Å². The molecule has 0 aliphatic heterocycles. The maximum atomic E-state index is 10.9. The van der Waals surface area contributed by atoms with Crippen molar-refractivity contribution in [2.75, 3.05) is 13.7 Å². The van der Waals surface area contributed by atoms with Crippen LogP contribution in [-0.4, -0.2) is 18.6 Å². The fraction of sp³-hybridized carbons (Fsp3) is 0.167. The summed E-state index contributed by atoms with van der Waals surface area (Å²) in [6.45, 7) is 2.35. The number of ether oxygens (including phenoxy) is 2. The zero-order chi connectivity index (χ0) is 17.5. The summed E-state index contributed by atoms with van der Waals surface area (Å²) in [6, 6.07) is 13.4. The fourth-order valence-corrected chi connectivity index (χ4v) is 2.19. The number of non-ortho nitro benzene ring substituents is 1. The van der Waals surface area contributed by atoms with Crippen molar-refractivity contribution in [1.82, 2.24) is 0 Å². The molecular weight excluding hydrogens is 308 g/mol. The molecule has 0 amide bonds. The van der Waals surface area contributed by atoms with E-state index in [0.29, 0.717) is 29.2 Å². The zero-order valence-electron chi connectivity index (χ0n) is 13.4. The average molecular weight is 324 g/mol. The van der Waals surface area contributed by atoms with Gasteiger partial charge in [0, 0.05) is 12.1 Å². The Morgan fingerprint density at radius 1 is 1.29 bits per heavy atom. The van der Waals surface area contributed by atoms with Crippen molar-refractivity contribution in [3.63, 3.8) is 0 Å². The molecule has 0 atom stereocenters. The monoisotopic (exact) mass is 324 g/mol. The summed E-state index contributed by atoms with van der Waals surface area (Å²) >= 11 is 0. The topological polar surface area (TPSA) is 85.4 Å². The summed E-state index contributed by atoms with van der Waals surface area (Å²) < 4.78 is 10.7. The van der Waals surface area contributed by atoms with Crippen LogP contribution in [0, 0.1) is 21.4 Å². The van der Waals surface area contributed by atoms with E-state index >= 15 is 0 Å². The van der Waals surface area contributed by atoms with E-state index in [1.54, 1.807) is 43.5 Å². The molecule has 2 aromatic rings. The van der Waals surface area contributed by atoms with Gasteiger partial charge in [-0.1, -0.05) is 18.2 Å². The SMILES string of the molecule is CCOc1cc(/C=C(/C#N)c2cccc([N+](=O)[O-])c2)ccc1OC. The van der Waals surface area contributed by atoms with E-state index in [2.05, 4.69) is 6.07 Å². The predicted octanol–water partition coefficient (Wildman–Crippen LogP) is 4.07. The summed E-state index contributed by atoms with van der Waals surface area (Å²) in [5.41, 5.74) is 1.49. The number of methoxy groups -OCH3 is 1. The van der Waals surface area contributed by atoms with Crippen molar-refractivity contribution in [2.45, 2.75) is 6.92 Å². The predicted molar refractivity (Wildman–Crippen MR) is 90.7 cm³/mol. The summed E-state index contributed by atoms with van der Waals surface area (Å²) in [5.74, 6) is 1.17. The smallest absolute Gasteiger partial charge is 0.270 e. The number of allylic oxidation sites excluding steroid dienone is 1. The van der Waals surface area contributed by atoms with E-state index < -0.39 is 4.92 Å². The third-order valence-corrected chi connectivity index (χ3v) is 3.29. The van der Waals surface area contributed by atoms with Gasteiger partial charge in [0.05, 0.1) is 30.3 Å². The minimum Gasteiger partial charge on any atom is -0.493 e. The highest BCUT2D eigenvalue weighted by atomic mass is 16.6. The van der Waals surface area contributed by atoms with Crippen LogP contribution in [0.4, 0.5) is 5.69 Å². The lowest BCUT2D eigenvalue weighted by atomic mass is 10.0. The molecule has 0 saturated heterocycles. The van der Waals surface area contributed by atoms with Gasteiger partial charge < -0.3 is 9.47 Å². The Bertz CT molecular complexity index is 822. The minimum atomic E-state index is -0.487. The van der Waals surface area contributed by atoms with Gasteiger partial charge in [0.1, 0.15) is 0 Å². The third kappa shape index (κ3) is 3.90. The Morgan fingerprint density at radius 3 is 2.71 bits per heavy atom. The van der Waals surface area contributed by atoms with Crippen LogP contribution < -0.4 is 9.47 Å². The molecule has 2 aromatic carbocycles. The summed E-state index contributed by atoms with van der Waals surface area (Å²) in [4.78, 5) is 10.4. The zero-order valence-corrected chi connectivity index (χ0v) is 13.4. The number of benzene rings is 2. The number of nitriles is 1. The van der Waals surface area contributed by atoms with Crippen LogP contribution in [0.3, 0.4) is 0 Å². The number of nitro groups is 1. The Morgan fingerprint density at radius 2 is 2.08 bits per heavy atom. The van der Waals surface area contributed by atoms with E-state index in [9.17, 15) is 15.4 Å². The van der Waals surface area contributed by atoms with Crippen LogP contribution in [0.2, 0.25) is 0 Å². The van der Waals surface area contributed by atoms with Gasteiger partial charge in [0.25, 0.3) is 5.69 Å². The molecule has 0 bridgehead atoms. The second kappa shape index (κ2) is 7.79. The van der Waals surface area contributed by atoms with E-state index in [1.807, 2.05) is 6.92 Å². The summed E-state index contributed by atoms with van der Waals surface area (Å²) in [7, 11) is 1.55. The van der Waals surface area contributed by atoms with Gasteiger partial charge in [-0.2, -0.15) is 5.26 Å². The average Bonchev–Trinajstić information content (AvgIpc) is 2.60. The first-order chi connectivity index (χ1) is 11.6. The molecule has 0 aliphatic carbocycles. The minimum absolute atomic E-state index is 0.0570.